The smallest absolute Gasteiger partial charge is 0.273 e. The van der Waals surface area contributed by atoms with Crippen molar-refractivity contribution in [2.75, 3.05) is 0 Å². The monoisotopic (exact) mass is 367 g/mol. The molecule has 26 heavy (non-hydrogen) atoms. The molecule has 2 unspecified atom stereocenters. The molecule has 0 radical (unpaired) electrons. The maximum Gasteiger partial charge on any atom is 0.273 e. The van der Waals surface area contributed by atoms with Gasteiger partial charge in [-0.3, -0.25) is 9.78 Å². The number of hydrogen-bond donors (Lipinski definition) is 0. The van der Waals surface area contributed by atoms with E-state index in [1.165, 1.54) is 11.3 Å². The van der Waals surface area contributed by atoms with Gasteiger partial charge in [0.1, 0.15) is 5.69 Å². The minimum atomic E-state index is 0.0557. The molecule has 2 atom stereocenters. The summed E-state index contributed by atoms with van der Waals surface area (Å²) in [6, 6.07) is 4.19. The molecule has 0 spiro atoms. The largest absolute Gasteiger partial charge is 0.339 e. The van der Waals surface area contributed by atoms with Gasteiger partial charge in [0, 0.05) is 41.3 Å². The lowest BCUT2D eigenvalue weighted by Crippen LogP contribution is -2.46. The van der Waals surface area contributed by atoms with E-state index in [9.17, 15) is 4.79 Å². The number of piperidine rings is 1. The Balaban J connectivity index is 1.35. The summed E-state index contributed by atoms with van der Waals surface area (Å²) < 4.78 is 5.56. The van der Waals surface area contributed by atoms with Gasteiger partial charge in [0.2, 0.25) is 11.7 Å². The molecule has 3 aromatic rings. The second-order valence-corrected chi connectivity index (χ2v) is 7.55. The van der Waals surface area contributed by atoms with Gasteiger partial charge in [-0.25, -0.2) is 4.98 Å². The van der Waals surface area contributed by atoms with Crippen molar-refractivity contribution in [3.63, 3.8) is 0 Å². The number of pyridine rings is 1. The summed E-state index contributed by atoms with van der Waals surface area (Å²) in [5, 5.41) is 5.95. The van der Waals surface area contributed by atoms with Gasteiger partial charge in [-0.05, 0) is 37.8 Å². The average Bonchev–Trinajstić information content (AvgIpc) is 3.42. The van der Waals surface area contributed by atoms with E-state index in [-0.39, 0.29) is 23.9 Å². The highest BCUT2D eigenvalue weighted by atomic mass is 32.1. The molecule has 0 saturated carbocycles. The van der Waals surface area contributed by atoms with Gasteiger partial charge in [-0.2, -0.15) is 4.98 Å². The Morgan fingerprint density at radius 2 is 1.96 bits per heavy atom. The Labute approximate surface area is 154 Å². The van der Waals surface area contributed by atoms with Crippen molar-refractivity contribution in [1.82, 2.24) is 25.0 Å². The molecule has 1 amide bonds. The number of nitrogens with zero attached hydrogens (tertiary/aromatic N) is 5. The number of hydrogen-bond acceptors (Lipinski definition) is 7. The van der Waals surface area contributed by atoms with Crippen molar-refractivity contribution in [3.05, 3.63) is 47.0 Å². The molecule has 2 saturated heterocycles. The highest BCUT2D eigenvalue weighted by Crippen LogP contribution is 2.43. The Bertz CT molecular complexity index is 897. The molecule has 3 aromatic heterocycles. The van der Waals surface area contributed by atoms with Crippen molar-refractivity contribution in [3.8, 4) is 11.4 Å². The molecule has 2 bridgehead atoms. The summed E-state index contributed by atoms with van der Waals surface area (Å²) >= 11 is 1.46. The first kappa shape index (κ1) is 15.6. The third-order valence-electron chi connectivity index (χ3n) is 5.35. The summed E-state index contributed by atoms with van der Waals surface area (Å²) in [6.45, 7) is 0. The fourth-order valence-corrected chi connectivity index (χ4v) is 4.71. The molecule has 2 aliphatic rings. The van der Waals surface area contributed by atoms with E-state index in [1.54, 1.807) is 17.9 Å². The van der Waals surface area contributed by atoms with Gasteiger partial charge >= 0.3 is 0 Å². The summed E-state index contributed by atoms with van der Waals surface area (Å²) in [6.07, 6.45) is 7.22. The van der Waals surface area contributed by atoms with Crippen molar-refractivity contribution >= 4 is 17.2 Å². The van der Waals surface area contributed by atoms with E-state index in [0.717, 1.165) is 31.2 Å². The topological polar surface area (TPSA) is 85.0 Å². The molecule has 0 aromatic carbocycles. The third kappa shape index (κ3) is 2.61. The third-order valence-corrected chi connectivity index (χ3v) is 5.93. The molecule has 2 aliphatic heterocycles. The normalized spacial score (nSPS) is 24.8. The number of fused-ring (bicyclic) bond motifs is 2. The van der Waals surface area contributed by atoms with Crippen LogP contribution in [0.15, 0.2) is 39.9 Å². The first-order valence-corrected chi connectivity index (χ1v) is 9.68. The molecule has 5 heterocycles. The van der Waals surface area contributed by atoms with Crippen LogP contribution < -0.4 is 0 Å². The zero-order chi connectivity index (χ0) is 17.5. The molecular formula is C18H17N5O2S. The van der Waals surface area contributed by atoms with Gasteiger partial charge in [0.05, 0.1) is 5.51 Å². The van der Waals surface area contributed by atoms with Crippen LogP contribution in [-0.4, -0.2) is 43.0 Å². The zero-order valence-corrected chi connectivity index (χ0v) is 14.8. The van der Waals surface area contributed by atoms with Crippen LogP contribution in [0.3, 0.4) is 0 Å². The minimum Gasteiger partial charge on any atom is -0.339 e. The highest BCUT2D eigenvalue weighted by molar-refractivity contribution is 7.07. The lowest BCUT2D eigenvalue weighted by atomic mass is 9.90. The van der Waals surface area contributed by atoms with Crippen molar-refractivity contribution in [2.45, 2.75) is 43.7 Å². The Morgan fingerprint density at radius 1 is 1.19 bits per heavy atom. The van der Waals surface area contributed by atoms with Crippen LogP contribution in [0, 0.1) is 0 Å². The van der Waals surface area contributed by atoms with Crippen LogP contribution in [0.2, 0.25) is 0 Å². The van der Waals surface area contributed by atoms with Crippen molar-refractivity contribution < 1.29 is 9.32 Å². The van der Waals surface area contributed by atoms with Gasteiger partial charge in [0.25, 0.3) is 5.91 Å². The summed E-state index contributed by atoms with van der Waals surface area (Å²) in [7, 11) is 0. The number of thiazole rings is 1. The highest BCUT2D eigenvalue weighted by Gasteiger charge is 2.45. The summed E-state index contributed by atoms with van der Waals surface area (Å²) in [4.78, 5) is 27.6. The molecule has 8 heteroatoms. The van der Waals surface area contributed by atoms with Crippen LogP contribution in [0.4, 0.5) is 0 Å². The maximum absolute atomic E-state index is 12.8. The van der Waals surface area contributed by atoms with Crippen molar-refractivity contribution in [2.24, 2.45) is 0 Å². The minimum absolute atomic E-state index is 0.0557. The first-order valence-electron chi connectivity index (χ1n) is 8.74. The lowest BCUT2D eigenvalue weighted by molar-refractivity contribution is 0.0549. The van der Waals surface area contributed by atoms with Gasteiger partial charge in [0.15, 0.2) is 0 Å². The zero-order valence-electron chi connectivity index (χ0n) is 14.0. The van der Waals surface area contributed by atoms with Crippen LogP contribution in [0.5, 0.6) is 0 Å². The lowest BCUT2D eigenvalue weighted by Gasteiger charge is -2.37. The first-order chi connectivity index (χ1) is 12.8. The number of aromatic nitrogens is 4. The molecular weight excluding hydrogens is 350 g/mol. The van der Waals surface area contributed by atoms with Crippen LogP contribution >= 0.6 is 11.3 Å². The van der Waals surface area contributed by atoms with E-state index >= 15 is 0 Å². The predicted molar refractivity (Wildman–Crippen MR) is 94.6 cm³/mol. The number of carbonyl (C=O) groups excluding carboxylic acids is 1. The van der Waals surface area contributed by atoms with E-state index in [2.05, 4.69) is 20.1 Å². The fourth-order valence-electron chi connectivity index (χ4n) is 4.18. The fraction of sp³-hybridized carbons (Fsp3) is 0.389. The SMILES string of the molecule is O=C(c1cscn1)N1C2CCC1CC(c1nc(-c3ccncc3)no1)C2. The Kier molecular flexibility index (Phi) is 3.77. The van der Waals surface area contributed by atoms with E-state index in [1.807, 2.05) is 22.4 Å². The quantitative estimate of drug-likeness (QED) is 0.707. The molecule has 0 aliphatic carbocycles. The van der Waals surface area contributed by atoms with Crippen LogP contribution in [0.25, 0.3) is 11.4 Å². The molecule has 0 N–H and O–H groups in total. The summed E-state index contributed by atoms with van der Waals surface area (Å²) in [5.74, 6) is 1.53. The van der Waals surface area contributed by atoms with E-state index < -0.39 is 0 Å². The van der Waals surface area contributed by atoms with Gasteiger partial charge in [-0.15, -0.1) is 11.3 Å². The second kappa shape index (κ2) is 6.28. The molecule has 5 rings (SSSR count). The number of carbonyl (C=O) groups is 1. The average molecular weight is 367 g/mol. The Morgan fingerprint density at radius 3 is 2.65 bits per heavy atom. The maximum atomic E-state index is 12.8. The van der Waals surface area contributed by atoms with Crippen LogP contribution in [0.1, 0.15) is 48.0 Å². The second-order valence-electron chi connectivity index (χ2n) is 6.83. The predicted octanol–water partition coefficient (Wildman–Crippen LogP) is 3.14. The number of rotatable bonds is 3. The molecule has 7 nitrogen and oxygen atoms in total. The summed E-state index contributed by atoms with van der Waals surface area (Å²) in [5.41, 5.74) is 3.17. The molecule has 132 valence electrons. The molecule has 2 fully saturated rings. The van der Waals surface area contributed by atoms with Gasteiger partial charge < -0.3 is 9.42 Å². The van der Waals surface area contributed by atoms with E-state index in [4.69, 9.17) is 4.52 Å². The standard InChI is InChI=1S/C18H17N5O2S/c24-18(15-9-26-10-20-15)23-13-1-2-14(23)8-12(7-13)17-21-16(22-25-17)11-3-5-19-6-4-11/h3-6,9-10,12-14H,1-2,7-8H2. The Hall–Kier alpha value is -2.61. The van der Waals surface area contributed by atoms with Crippen molar-refractivity contribution in [1.29, 1.82) is 0 Å². The van der Waals surface area contributed by atoms with Gasteiger partial charge in [-0.1, -0.05) is 5.16 Å². The number of amides is 1. The van der Waals surface area contributed by atoms with E-state index in [0.29, 0.717) is 17.4 Å². The van der Waals surface area contributed by atoms with Crippen LogP contribution in [-0.2, 0) is 0 Å².